The van der Waals surface area contributed by atoms with Crippen molar-refractivity contribution < 1.29 is 4.74 Å². The van der Waals surface area contributed by atoms with Crippen LogP contribution in [-0.2, 0) is 0 Å². The molecule has 2 aromatic carbocycles. The van der Waals surface area contributed by atoms with E-state index in [1.165, 1.54) is 0 Å². The van der Waals surface area contributed by atoms with Gasteiger partial charge in [0.25, 0.3) is 0 Å². The van der Waals surface area contributed by atoms with Crippen molar-refractivity contribution in [3.8, 4) is 5.75 Å². The molecule has 0 saturated carbocycles. The summed E-state index contributed by atoms with van der Waals surface area (Å²) in [5.41, 5.74) is 5.88. The zero-order valence-corrected chi connectivity index (χ0v) is 13.7. The molecule has 4 heteroatoms. The number of hydrogen-bond donors (Lipinski definition) is 1. The highest BCUT2D eigenvalue weighted by molar-refractivity contribution is 6.31. The van der Waals surface area contributed by atoms with Gasteiger partial charge in [0.1, 0.15) is 5.75 Å². The Morgan fingerprint density at radius 2 is 2.09 bits per heavy atom. The first-order chi connectivity index (χ1) is 10.7. The van der Waals surface area contributed by atoms with E-state index in [1.54, 1.807) is 6.21 Å². The molecule has 0 bridgehead atoms. The number of unbranched alkanes of at least 4 members (excludes halogenated alkanes) is 1. The number of hydrazone groups is 1. The zero-order chi connectivity index (χ0) is 15.8. The third-order valence-corrected chi connectivity index (χ3v) is 3.61. The van der Waals surface area contributed by atoms with Crippen molar-refractivity contribution in [1.29, 1.82) is 0 Å². The first-order valence-electron chi connectivity index (χ1n) is 7.47. The van der Waals surface area contributed by atoms with Gasteiger partial charge in [-0.25, -0.2) is 0 Å². The molecule has 0 heterocycles. The quantitative estimate of drug-likeness (QED) is 0.428. The van der Waals surface area contributed by atoms with E-state index in [-0.39, 0.29) is 0 Å². The Morgan fingerprint density at radius 1 is 1.23 bits per heavy atom. The van der Waals surface area contributed by atoms with Crippen LogP contribution in [0.25, 0.3) is 0 Å². The number of nitrogens with one attached hydrogen (secondary N) is 1. The minimum Gasteiger partial charge on any atom is -0.494 e. The highest BCUT2D eigenvalue weighted by Gasteiger charge is 1.97. The fourth-order valence-electron chi connectivity index (χ4n) is 1.86. The van der Waals surface area contributed by atoms with Crippen LogP contribution in [0.5, 0.6) is 5.75 Å². The van der Waals surface area contributed by atoms with E-state index >= 15 is 0 Å². The van der Waals surface area contributed by atoms with Crippen molar-refractivity contribution in [1.82, 2.24) is 0 Å². The molecule has 2 aromatic rings. The fourth-order valence-corrected chi connectivity index (χ4v) is 2.04. The third kappa shape index (κ3) is 5.08. The van der Waals surface area contributed by atoms with Crippen LogP contribution in [0.1, 0.15) is 30.9 Å². The van der Waals surface area contributed by atoms with Crippen LogP contribution >= 0.6 is 11.6 Å². The summed E-state index contributed by atoms with van der Waals surface area (Å²) in [7, 11) is 0. The van der Waals surface area contributed by atoms with Gasteiger partial charge in [0.15, 0.2) is 0 Å². The lowest BCUT2D eigenvalue weighted by Crippen LogP contribution is -1.97. The molecule has 2 rings (SSSR count). The van der Waals surface area contributed by atoms with E-state index in [9.17, 15) is 0 Å². The highest BCUT2D eigenvalue weighted by atomic mass is 35.5. The van der Waals surface area contributed by atoms with Gasteiger partial charge in [-0.15, -0.1) is 0 Å². The Morgan fingerprint density at radius 3 is 2.86 bits per heavy atom. The van der Waals surface area contributed by atoms with Crippen molar-refractivity contribution in [2.75, 3.05) is 12.0 Å². The van der Waals surface area contributed by atoms with Crippen LogP contribution in [0.15, 0.2) is 47.6 Å². The Hall–Kier alpha value is -2.00. The van der Waals surface area contributed by atoms with Crippen molar-refractivity contribution in [3.63, 3.8) is 0 Å². The molecule has 0 radical (unpaired) electrons. The number of halogens is 1. The second-order valence-electron chi connectivity index (χ2n) is 5.11. The predicted octanol–water partition coefficient (Wildman–Crippen LogP) is 5.27. The molecule has 1 N–H and O–H groups in total. The van der Waals surface area contributed by atoms with Gasteiger partial charge < -0.3 is 4.74 Å². The molecule has 0 aliphatic heterocycles. The molecule has 0 aromatic heterocycles. The average molecular weight is 317 g/mol. The molecule has 0 spiro atoms. The van der Waals surface area contributed by atoms with Gasteiger partial charge in [0.05, 0.1) is 18.5 Å². The lowest BCUT2D eigenvalue weighted by molar-refractivity contribution is 0.309. The van der Waals surface area contributed by atoms with Gasteiger partial charge in [0, 0.05) is 5.02 Å². The van der Waals surface area contributed by atoms with Gasteiger partial charge in [-0.3, -0.25) is 5.43 Å². The topological polar surface area (TPSA) is 33.6 Å². The van der Waals surface area contributed by atoms with Crippen LogP contribution in [0.3, 0.4) is 0 Å². The minimum absolute atomic E-state index is 0.728. The number of ether oxygens (including phenoxy) is 1. The van der Waals surface area contributed by atoms with Crippen molar-refractivity contribution >= 4 is 23.5 Å². The van der Waals surface area contributed by atoms with Crippen LogP contribution in [0.2, 0.25) is 5.02 Å². The fraction of sp³-hybridized carbons (Fsp3) is 0.278. The van der Waals surface area contributed by atoms with Crippen molar-refractivity contribution in [3.05, 3.63) is 58.6 Å². The van der Waals surface area contributed by atoms with Gasteiger partial charge in [-0.2, -0.15) is 5.10 Å². The second-order valence-corrected chi connectivity index (χ2v) is 5.52. The van der Waals surface area contributed by atoms with Gasteiger partial charge in [-0.1, -0.05) is 43.1 Å². The van der Waals surface area contributed by atoms with Gasteiger partial charge >= 0.3 is 0 Å². The third-order valence-electron chi connectivity index (χ3n) is 3.20. The maximum atomic E-state index is 6.08. The summed E-state index contributed by atoms with van der Waals surface area (Å²) in [6.45, 7) is 4.87. The SMILES string of the molecule is CCCCOc1cccc(/C=N/Nc2ccc(C)c(Cl)c2)c1. The number of nitrogens with zero attached hydrogens (tertiary/aromatic N) is 1. The molecule has 0 saturated heterocycles. The highest BCUT2D eigenvalue weighted by Crippen LogP contribution is 2.20. The molecule has 3 nitrogen and oxygen atoms in total. The molecule has 0 fully saturated rings. The largest absolute Gasteiger partial charge is 0.494 e. The molecule has 0 unspecified atom stereocenters. The van der Waals surface area contributed by atoms with E-state index in [2.05, 4.69) is 17.5 Å². The lowest BCUT2D eigenvalue weighted by atomic mass is 10.2. The van der Waals surface area contributed by atoms with E-state index in [0.29, 0.717) is 0 Å². The van der Waals surface area contributed by atoms with E-state index in [4.69, 9.17) is 16.3 Å². The van der Waals surface area contributed by atoms with Crippen LogP contribution in [0.4, 0.5) is 5.69 Å². The monoisotopic (exact) mass is 316 g/mol. The standard InChI is InChI=1S/C18H21ClN2O/c1-3-4-10-22-17-7-5-6-15(11-17)13-20-21-16-9-8-14(2)18(19)12-16/h5-9,11-13,21H,3-4,10H2,1-2H3/b20-13+. The summed E-state index contributed by atoms with van der Waals surface area (Å²) < 4.78 is 5.68. The molecule has 22 heavy (non-hydrogen) atoms. The Labute approximate surface area is 137 Å². The van der Waals surface area contributed by atoms with Crippen LogP contribution in [-0.4, -0.2) is 12.8 Å². The molecular formula is C18H21ClN2O. The first-order valence-corrected chi connectivity index (χ1v) is 7.85. The Balaban J connectivity index is 1.94. The van der Waals surface area contributed by atoms with Crippen LogP contribution < -0.4 is 10.2 Å². The number of benzene rings is 2. The molecule has 0 amide bonds. The summed E-state index contributed by atoms with van der Waals surface area (Å²) >= 11 is 6.08. The van der Waals surface area contributed by atoms with Crippen molar-refractivity contribution in [2.45, 2.75) is 26.7 Å². The average Bonchev–Trinajstić information content (AvgIpc) is 2.52. The van der Waals surface area contributed by atoms with Crippen molar-refractivity contribution in [2.24, 2.45) is 5.10 Å². The van der Waals surface area contributed by atoms with Gasteiger partial charge in [-0.05, 0) is 48.7 Å². The summed E-state index contributed by atoms with van der Waals surface area (Å²) in [4.78, 5) is 0. The normalized spacial score (nSPS) is 10.9. The summed E-state index contributed by atoms with van der Waals surface area (Å²) in [5, 5.41) is 4.96. The molecule has 0 aliphatic carbocycles. The van der Waals surface area contributed by atoms with Gasteiger partial charge in [0.2, 0.25) is 0 Å². The maximum Gasteiger partial charge on any atom is 0.119 e. The molecule has 116 valence electrons. The summed E-state index contributed by atoms with van der Waals surface area (Å²) in [5.74, 6) is 0.871. The molecule has 0 aliphatic rings. The zero-order valence-electron chi connectivity index (χ0n) is 13.0. The maximum absolute atomic E-state index is 6.08. The predicted molar refractivity (Wildman–Crippen MR) is 94.3 cm³/mol. The number of aryl methyl sites for hydroxylation is 1. The Kier molecular flexibility index (Phi) is 6.28. The molecule has 0 atom stereocenters. The van der Waals surface area contributed by atoms with E-state index in [0.717, 1.165) is 47.0 Å². The Bertz CT molecular complexity index is 641. The summed E-state index contributed by atoms with van der Waals surface area (Å²) in [6.07, 6.45) is 3.96. The summed E-state index contributed by atoms with van der Waals surface area (Å²) in [6, 6.07) is 13.7. The molecular weight excluding hydrogens is 296 g/mol. The van der Waals surface area contributed by atoms with E-state index < -0.39 is 0 Å². The van der Waals surface area contributed by atoms with E-state index in [1.807, 2.05) is 49.4 Å². The van der Waals surface area contributed by atoms with Crippen LogP contribution in [0, 0.1) is 6.92 Å². The first kappa shape index (κ1) is 16.4. The number of hydrogen-bond acceptors (Lipinski definition) is 3. The smallest absolute Gasteiger partial charge is 0.119 e. The number of rotatable bonds is 7. The second kappa shape index (κ2) is 8.44. The number of anilines is 1. The lowest BCUT2D eigenvalue weighted by Gasteiger charge is -2.06. The minimum atomic E-state index is 0.728.